The molecule has 0 fully saturated rings. The molecule has 3 N–H and O–H groups in total. The lowest BCUT2D eigenvalue weighted by Gasteiger charge is -2.10. The van der Waals surface area contributed by atoms with Crippen LogP contribution < -0.4 is 5.73 Å². The highest BCUT2D eigenvalue weighted by molar-refractivity contribution is 5.32. The molecule has 1 rings (SSSR count). The van der Waals surface area contributed by atoms with Gasteiger partial charge in [-0.1, -0.05) is 18.2 Å². The average molecular weight is 183 g/mol. The molecular formula is C10H14FNO. The smallest absolute Gasteiger partial charge is 0.118 e. The van der Waals surface area contributed by atoms with Crippen molar-refractivity contribution in [3.63, 3.8) is 0 Å². The van der Waals surface area contributed by atoms with Gasteiger partial charge in [0.15, 0.2) is 0 Å². The molecule has 0 aliphatic rings. The molecule has 1 unspecified atom stereocenters. The molecule has 13 heavy (non-hydrogen) atoms. The molecule has 1 aromatic carbocycles. The van der Waals surface area contributed by atoms with Gasteiger partial charge in [-0.2, -0.15) is 0 Å². The SMILES string of the molecule is NCC(CF)Cc1ccccc1O. The molecule has 1 aromatic rings. The molecule has 3 heteroatoms. The highest BCUT2D eigenvalue weighted by atomic mass is 19.1. The molecule has 0 bridgehead atoms. The fourth-order valence-corrected chi connectivity index (χ4v) is 1.20. The van der Waals surface area contributed by atoms with E-state index in [-0.39, 0.29) is 11.7 Å². The number of para-hydroxylation sites is 1. The topological polar surface area (TPSA) is 46.2 Å². The van der Waals surface area contributed by atoms with Crippen molar-refractivity contribution in [3.05, 3.63) is 29.8 Å². The van der Waals surface area contributed by atoms with Crippen LogP contribution in [-0.2, 0) is 6.42 Å². The third kappa shape index (κ3) is 2.70. The van der Waals surface area contributed by atoms with Crippen LogP contribution in [0.1, 0.15) is 5.56 Å². The normalized spacial score (nSPS) is 12.8. The fraction of sp³-hybridized carbons (Fsp3) is 0.400. The molecule has 0 saturated heterocycles. The maximum atomic E-state index is 12.3. The number of phenolic OH excluding ortho intramolecular Hbond substituents is 1. The Kier molecular flexibility index (Phi) is 3.71. The molecule has 0 spiro atoms. The zero-order chi connectivity index (χ0) is 9.68. The van der Waals surface area contributed by atoms with Gasteiger partial charge in [-0.05, 0) is 24.6 Å². The lowest BCUT2D eigenvalue weighted by molar-refractivity contribution is 0.361. The van der Waals surface area contributed by atoms with Crippen molar-refractivity contribution in [1.29, 1.82) is 0 Å². The number of hydrogen-bond donors (Lipinski definition) is 2. The maximum absolute atomic E-state index is 12.3. The second kappa shape index (κ2) is 4.82. The molecule has 0 aliphatic heterocycles. The Bertz CT molecular complexity index is 261. The quantitative estimate of drug-likeness (QED) is 0.742. The molecule has 72 valence electrons. The summed E-state index contributed by atoms with van der Waals surface area (Å²) in [6.45, 7) is -0.129. The molecule has 0 amide bonds. The van der Waals surface area contributed by atoms with Gasteiger partial charge in [0, 0.05) is 5.92 Å². The van der Waals surface area contributed by atoms with E-state index in [9.17, 15) is 9.50 Å². The van der Waals surface area contributed by atoms with E-state index in [4.69, 9.17) is 5.73 Å². The van der Waals surface area contributed by atoms with Crippen molar-refractivity contribution in [2.75, 3.05) is 13.2 Å². The Morgan fingerprint density at radius 1 is 1.38 bits per heavy atom. The van der Waals surface area contributed by atoms with Gasteiger partial charge in [0.2, 0.25) is 0 Å². The Labute approximate surface area is 77.2 Å². The number of nitrogens with two attached hydrogens (primary N) is 1. The van der Waals surface area contributed by atoms with Crippen LogP contribution in [0.4, 0.5) is 4.39 Å². The van der Waals surface area contributed by atoms with E-state index < -0.39 is 6.67 Å². The third-order valence-corrected chi connectivity index (χ3v) is 2.05. The van der Waals surface area contributed by atoms with Crippen LogP contribution in [0.3, 0.4) is 0 Å². The van der Waals surface area contributed by atoms with E-state index in [2.05, 4.69) is 0 Å². The average Bonchev–Trinajstić information content (AvgIpc) is 2.17. The summed E-state index contributed by atoms with van der Waals surface area (Å²) < 4.78 is 12.3. The highest BCUT2D eigenvalue weighted by Gasteiger charge is 2.09. The van der Waals surface area contributed by atoms with Gasteiger partial charge in [-0.3, -0.25) is 4.39 Å². The number of rotatable bonds is 4. The van der Waals surface area contributed by atoms with Gasteiger partial charge in [0.1, 0.15) is 5.75 Å². The standard InChI is InChI=1S/C10H14FNO/c11-6-8(7-12)5-9-3-1-2-4-10(9)13/h1-4,8,13H,5-7,12H2. The Morgan fingerprint density at radius 3 is 2.62 bits per heavy atom. The van der Waals surface area contributed by atoms with Crippen molar-refractivity contribution >= 4 is 0 Å². The number of halogens is 1. The van der Waals surface area contributed by atoms with E-state index in [0.29, 0.717) is 13.0 Å². The highest BCUT2D eigenvalue weighted by Crippen LogP contribution is 2.19. The lowest BCUT2D eigenvalue weighted by Crippen LogP contribution is -2.18. The van der Waals surface area contributed by atoms with Crippen molar-refractivity contribution < 1.29 is 9.50 Å². The minimum absolute atomic E-state index is 0.187. The summed E-state index contributed by atoms with van der Waals surface area (Å²) in [6.07, 6.45) is 0.500. The molecule has 0 aliphatic carbocycles. The first-order chi connectivity index (χ1) is 6.27. The van der Waals surface area contributed by atoms with Gasteiger partial charge in [-0.15, -0.1) is 0 Å². The molecule has 2 nitrogen and oxygen atoms in total. The maximum Gasteiger partial charge on any atom is 0.118 e. The van der Waals surface area contributed by atoms with Gasteiger partial charge >= 0.3 is 0 Å². The predicted molar refractivity (Wildman–Crippen MR) is 50.3 cm³/mol. The number of benzene rings is 1. The summed E-state index contributed by atoms with van der Waals surface area (Å²) in [7, 11) is 0. The monoisotopic (exact) mass is 183 g/mol. The first-order valence-electron chi connectivity index (χ1n) is 4.30. The Hall–Kier alpha value is -1.09. The van der Waals surface area contributed by atoms with Crippen LogP contribution in [-0.4, -0.2) is 18.3 Å². The third-order valence-electron chi connectivity index (χ3n) is 2.05. The first kappa shape index (κ1) is 9.99. The summed E-state index contributed by atoms with van der Waals surface area (Å²) in [5, 5.41) is 9.39. The number of hydrogen-bond acceptors (Lipinski definition) is 2. The second-order valence-corrected chi connectivity index (χ2v) is 3.09. The lowest BCUT2D eigenvalue weighted by atomic mass is 10.00. The minimum Gasteiger partial charge on any atom is -0.508 e. The van der Waals surface area contributed by atoms with Crippen molar-refractivity contribution in [2.45, 2.75) is 6.42 Å². The van der Waals surface area contributed by atoms with Crippen LogP contribution in [0.15, 0.2) is 24.3 Å². The number of aromatic hydroxyl groups is 1. The summed E-state index contributed by atoms with van der Waals surface area (Å²) >= 11 is 0. The molecule has 0 radical (unpaired) electrons. The fourth-order valence-electron chi connectivity index (χ4n) is 1.20. The summed E-state index contributed by atoms with van der Waals surface area (Å²) in [5.41, 5.74) is 6.12. The Morgan fingerprint density at radius 2 is 2.08 bits per heavy atom. The van der Waals surface area contributed by atoms with E-state index >= 15 is 0 Å². The van der Waals surface area contributed by atoms with E-state index in [0.717, 1.165) is 5.56 Å². The van der Waals surface area contributed by atoms with Crippen LogP contribution in [0.5, 0.6) is 5.75 Å². The van der Waals surface area contributed by atoms with Gasteiger partial charge in [-0.25, -0.2) is 0 Å². The molecule has 0 aromatic heterocycles. The first-order valence-corrected chi connectivity index (χ1v) is 4.30. The second-order valence-electron chi connectivity index (χ2n) is 3.09. The van der Waals surface area contributed by atoms with Crippen LogP contribution in [0, 0.1) is 5.92 Å². The number of phenols is 1. The van der Waals surface area contributed by atoms with Crippen molar-refractivity contribution in [3.8, 4) is 5.75 Å². The zero-order valence-electron chi connectivity index (χ0n) is 7.41. The molecule has 0 saturated carbocycles. The van der Waals surface area contributed by atoms with E-state index in [1.165, 1.54) is 0 Å². The summed E-state index contributed by atoms with van der Waals surface area (Å²) in [4.78, 5) is 0. The van der Waals surface area contributed by atoms with Gasteiger partial charge in [0.05, 0.1) is 6.67 Å². The van der Waals surface area contributed by atoms with Gasteiger partial charge in [0.25, 0.3) is 0 Å². The largest absolute Gasteiger partial charge is 0.508 e. The van der Waals surface area contributed by atoms with Gasteiger partial charge < -0.3 is 10.8 Å². The van der Waals surface area contributed by atoms with E-state index in [1.54, 1.807) is 18.2 Å². The van der Waals surface area contributed by atoms with Crippen LogP contribution in [0.25, 0.3) is 0 Å². The van der Waals surface area contributed by atoms with E-state index in [1.807, 2.05) is 6.07 Å². The minimum atomic E-state index is -0.440. The predicted octanol–water partition coefficient (Wildman–Crippen LogP) is 1.48. The molecule has 0 heterocycles. The summed E-state index contributed by atoms with van der Waals surface area (Å²) in [5.74, 6) is 0.0303. The molecule has 1 atom stereocenters. The van der Waals surface area contributed by atoms with Crippen molar-refractivity contribution in [1.82, 2.24) is 0 Å². The molecular weight excluding hydrogens is 169 g/mol. The van der Waals surface area contributed by atoms with Crippen LogP contribution >= 0.6 is 0 Å². The number of alkyl halides is 1. The van der Waals surface area contributed by atoms with Crippen molar-refractivity contribution in [2.24, 2.45) is 11.7 Å². The van der Waals surface area contributed by atoms with Crippen LogP contribution in [0.2, 0.25) is 0 Å². The zero-order valence-corrected chi connectivity index (χ0v) is 7.41. The summed E-state index contributed by atoms with van der Waals surface area (Å²) in [6, 6.07) is 6.95. The Balaban J connectivity index is 2.67.